The quantitative estimate of drug-likeness (QED) is 0.874. The molecule has 0 amide bonds. The van der Waals surface area contributed by atoms with Crippen LogP contribution in [0.3, 0.4) is 0 Å². The topological polar surface area (TPSA) is 28.2 Å². The maximum atomic E-state index is 4.45. The predicted octanol–water partition coefficient (Wildman–Crippen LogP) is 2.78. The van der Waals surface area contributed by atoms with E-state index in [0.29, 0.717) is 6.04 Å². The molecule has 0 radical (unpaired) electrons. The van der Waals surface area contributed by atoms with Crippen molar-refractivity contribution in [2.24, 2.45) is 0 Å². The summed E-state index contributed by atoms with van der Waals surface area (Å²) in [7, 11) is 4.20. The molecular formula is C17H23N3. The number of pyridine rings is 1. The van der Waals surface area contributed by atoms with Crippen molar-refractivity contribution in [3.05, 3.63) is 65.5 Å². The average Bonchev–Trinajstić information content (AvgIpc) is 2.46. The summed E-state index contributed by atoms with van der Waals surface area (Å²) in [5.41, 5.74) is 3.59. The molecule has 0 bridgehead atoms. The van der Waals surface area contributed by atoms with E-state index in [1.807, 2.05) is 6.20 Å². The minimum atomic E-state index is 0.314. The van der Waals surface area contributed by atoms with Crippen molar-refractivity contribution in [3.8, 4) is 0 Å². The number of nitrogens with one attached hydrogen (secondary N) is 1. The summed E-state index contributed by atoms with van der Waals surface area (Å²) in [4.78, 5) is 6.65. The van der Waals surface area contributed by atoms with E-state index in [9.17, 15) is 0 Å². The molecule has 1 heterocycles. The number of nitrogens with zero attached hydrogens (tertiary/aromatic N) is 2. The zero-order chi connectivity index (χ0) is 14.4. The van der Waals surface area contributed by atoms with Crippen molar-refractivity contribution in [2.75, 3.05) is 20.6 Å². The number of rotatable bonds is 6. The molecule has 1 unspecified atom stereocenters. The van der Waals surface area contributed by atoms with Crippen LogP contribution in [0.15, 0.2) is 48.7 Å². The van der Waals surface area contributed by atoms with E-state index in [2.05, 4.69) is 78.7 Å². The van der Waals surface area contributed by atoms with E-state index in [1.54, 1.807) is 0 Å². The van der Waals surface area contributed by atoms with E-state index < -0.39 is 0 Å². The zero-order valence-corrected chi connectivity index (χ0v) is 12.5. The first kappa shape index (κ1) is 14.7. The van der Waals surface area contributed by atoms with Crippen LogP contribution in [0, 0.1) is 6.92 Å². The van der Waals surface area contributed by atoms with Crippen LogP contribution in [0.2, 0.25) is 0 Å². The van der Waals surface area contributed by atoms with Gasteiger partial charge in [0, 0.05) is 25.3 Å². The third-order valence-corrected chi connectivity index (χ3v) is 3.25. The zero-order valence-electron chi connectivity index (χ0n) is 12.5. The van der Waals surface area contributed by atoms with Gasteiger partial charge in [-0.15, -0.1) is 0 Å². The lowest BCUT2D eigenvalue weighted by Crippen LogP contribution is -2.31. The number of hydrogen-bond donors (Lipinski definition) is 1. The Morgan fingerprint density at radius 2 is 1.85 bits per heavy atom. The predicted molar refractivity (Wildman–Crippen MR) is 83.6 cm³/mol. The molecule has 1 aromatic heterocycles. The molecule has 0 saturated heterocycles. The van der Waals surface area contributed by atoms with Gasteiger partial charge in [-0.25, -0.2) is 0 Å². The van der Waals surface area contributed by atoms with Crippen LogP contribution >= 0.6 is 0 Å². The molecule has 1 N–H and O–H groups in total. The first-order chi connectivity index (χ1) is 9.65. The van der Waals surface area contributed by atoms with Crippen molar-refractivity contribution >= 4 is 0 Å². The van der Waals surface area contributed by atoms with Crippen LogP contribution in [-0.4, -0.2) is 30.5 Å². The third kappa shape index (κ3) is 4.44. The summed E-state index contributed by atoms with van der Waals surface area (Å²) in [6.07, 6.45) is 1.92. The molecule has 0 saturated carbocycles. The molecule has 1 atom stereocenters. The van der Waals surface area contributed by atoms with Crippen molar-refractivity contribution in [1.82, 2.24) is 15.2 Å². The SMILES string of the molecule is Cc1ccc(CNC(CN(C)C)c2ccccc2)nc1. The van der Waals surface area contributed by atoms with Gasteiger partial charge in [-0.05, 0) is 38.2 Å². The molecule has 3 nitrogen and oxygen atoms in total. The Balaban J connectivity index is 2.03. The van der Waals surface area contributed by atoms with E-state index in [4.69, 9.17) is 0 Å². The van der Waals surface area contributed by atoms with Crippen LogP contribution in [0.1, 0.15) is 22.9 Å². The van der Waals surface area contributed by atoms with Gasteiger partial charge in [-0.2, -0.15) is 0 Å². The monoisotopic (exact) mass is 269 g/mol. The lowest BCUT2D eigenvalue weighted by molar-refractivity contribution is 0.340. The smallest absolute Gasteiger partial charge is 0.0542 e. The van der Waals surface area contributed by atoms with E-state index in [1.165, 1.54) is 11.1 Å². The summed E-state index contributed by atoms with van der Waals surface area (Å²) in [5, 5.41) is 3.60. The molecule has 0 aliphatic rings. The number of aryl methyl sites for hydroxylation is 1. The highest BCUT2D eigenvalue weighted by atomic mass is 15.1. The van der Waals surface area contributed by atoms with Gasteiger partial charge in [0.1, 0.15) is 0 Å². The summed E-state index contributed by atoms with van der Waals surface area (Å²) < 4.78 is 0. The number of hydrogen-bond acceptors (Lipinski definition) is 3. The largest absolute Gasteiger partial charge is 0.308 e. The van der Waals surface area contributed by atoms with Gasteiger partial charge in [0.05, 0.1) is 5.69 Å². The Morgan fingerprint density at radius 1 is 1.10 bits per heavy atom. The minimum absolute atomic E-state index is 0.314. The molecule has 2 rings (SSSR count). The Hall–Kier alpha value is -1.71. The highest BCUT2D eigenvalue weighted by Crippen LogP contribution is 2.14. The molecule has 1 aromatic carbocycles. The van der Waals surface area contributed by atoms with Crippen LogP contribution in [0.5, 0.6) is 0 Å². The van der Waals surface area contributed by atoms with Gasteiger partial charge in [0.25, 0.3) is 0 Å². The summed E-state index contributed by atoms with van der Waals surface area (Å²) in [6, 6.07) is 15.1. The molecule has 0 aliphatic carbocycles. The molecule has 0 spiro atoms. The van der Waals surface area contributed by atoms with Crippen molar-refractivity contribution in [3.63, 3.8) is 0 Å². The number of likely N-dealkylation sites (N-methyl/N-ethyl adjacent to an activating group) is 1. The average molecular weight is 269 g/mol. The second-order valence-corrected chi connectivity index (χ2v) is 5.43. The lowest BCUT2D eigenvalue weighted by Gasteiger charge is -2.22. The Morgan fingerprint density at radius 3 is 2.45 bits per heavy atom. The minimum Gasteiger partial charge on any atom is -0.308 e. The maximum Gasteiger partial charge on any atom is 0.0542 e. The van der Waals surface area contributed by atoms with Crippen molar-refractivity contribution in [1.29, 1.82) is 0 Å². The molecule has 106 valence electrons. The Labute approximate surface area is 121 Å². The van der Waals surface area contributed by atoms with Gasteiger partial charge in [-0.1, -0.05) is 36.4 Å². The van der Waals surface area contributed by atoms with Gasteiger partial charge in [0.15, 0.2) is 0 Å². The fourth-order valence-corrected chi connectivity index (χ4v) is 2.17. The molecule has 3 heteroatoms. The normalized spacial score (nSPS) is 12.6. The first-order valence-corrected chi connectivity index (χ1v) is 7.00. The van der Waals surface area contributed by atoms with E-state index in [0.717, 1.165) is 18.8 Å². The second kappa shape index (κ2) is 7.17. The van der Waals surface area contributed by atoms with Crippen LogP contribution in [-0.2, 0) is 6.54 Å². The molecular weight excluding hydrogens is 246 g/mol. The Bertz CT molecular complexity index is 506. The van der Waals surface area contributed by atoms with Crippen molar-refractivity contribution in [2.45, 2.75) is 19.5 Å². The highest BCUT2D eigenvalue weighted by Gasteiger charge is 2.11. The van der Waals surface area contributed by atoms with Crippen molar-refractivity contribution < 1.29 is 0 Å². The fourth-order valence-electron chi connectivity index (χ4n) is 2.17. The lowest BCUT2D eigenvalue weighted by atomic mass is 10.1. The molecule has 0 aliphatic heterocycles. The Kier molecular flexibility index (Phi) is 5.27. The maximum absolute atomic E-state index is 4.45. The standard InChI is InChI=1S/C17H23N3/c1-14-9-10-16(18-11-14)12-19-17(13-20(2)3)15-7-5-4-6-8-15/h4-11,17,19H,12-13H2,1-3H3. The highest BCUT2D eigenvalue weighted by molar-refractivity contribution is 5.20. The summed E-state index contributed by atoms with van der Waals surface area (Å²) in [5.74, 6) is 0. The van der Waals surface area contributed by atoms with Crippen LogP contribution in [0.25, 0.3) is 0 Å². The van der Waals surface area contributed by atoms with E-state index in [-0.39, 0.29) is 0 Å². The van der Waals surface area contributed by atoms with Gasteiger partial charge < -0.3 is 10.2 Å². The molecule has 20 heavy (non-hydrogen) atoms. The second-order valence-electron chi connectivity index (χ2n) is 5.43. The number of benzene rings is 1. The third-order valence-electron chi connectivity index (χ3n) is 3.25. The van der Waals surface area contributed by atoms with Gasteiger partial charge in [0.2, 0.25) is 0 Å². The fraction of sp³-hybridized carbons (Fsp3) is 0.353. The molecule has 2 aromatic rings. The van der Waals surface area contributed by atoms with Gasteiger partial charge >= 0.3 is 0 Å². The number of aromatic nitrogens is 1. The van der Waals surface area contributed by atoms with Crippen LogP contribution < -0.4 is 5.32 Å². The molecule has 0 fully saturated rings. The summed E-state index contributed by atoms with van der Waals surface area (Å²) >= 11 is 0. The first-order valence-electron chi connectivity index (χ1n) is 7.00. The van der Waals surface area contributed by atoms with Crippen LogP contribution in [0.4, 0.5) is 0 Å². The van der Waals surface area contributed by atoms with Gasteiger partial charge in [-0.3, -0.25) is 4.98 Å². The summed E-state index contributed by atoms with van der Waals surface area (Å²) in [6.45, 7) is 3.81. The van der Waals surface area contributed by atoms with E-state index >= 15 is 0 Å².